The lowest BCUT2D eigenvalue weighted by Crippen LogP contribution is -2.31. The van der Waals surface area contributed by atoms with Gasteiger partial charge in [0.25, 0.3) is 0 Å². The Balaban J connectivity index is 1.95. The van der Waals surface area contributed by atoms with Crippen molar-refractivity contribution in [2.45, 2.75) is 95.4 Å². The van der Waals surface area contributed by atoms with E-state index in [2.05, 4.69) is 18.9 Å². The number of rotatable bonds is 4. The fourth-order valence-corrected chi connectivity index (χ4v) is 6.98. The van der Waals surface area contributed by atoms with Crippen molar-refractivity contribution in [2.75, 3.05) is 0 Å². The molecule has 2 heteroatoms. The van der Waals surface area contributed by atoms with Crippen LogP contribution in [0.4, 0.5) is 0 Å². The third-order valence-electron chi connectivity index (χ3n) is 4.34. The van der Waals surface area contributed by atoms with Crippen molar-refractivity contribution in [1.82, 2.24) is 5.09 Å². The van der Waals surface area contributed by atoms with Crippen molar-refractivity contribution < 1.29 is 0 Å². The van der Waals surface area contributed by atoms with Crippen LogP contribution in [0.2, 0.25) is 0 Å². The minimum absolute atomic E-state index is 0.114. The molecule has 0 bridgehead atoms. The second-order valence-electron chi connectivity index (χ2n) is 6.27. The van der Waals surface area contributed by atoms with E-state index in [0.29, 0.717) is 6.04 Å². The fraction of sp³-hybridized carbons (Fsp3) is 1.00. The molecule has 0 aliphatic heterocycles. The van der Waals surface area contributed by atoms with Crippen molar-refractivity contribution in [2.24, 2.45) is 0 Å². The van der Waals surface area contributed by atoms with Crippen molar-refractivity contribution in [1.29, 1.82) is 0 Å². The third kappa shape index (κ3) is 4.21. The summed E-state index contributed by atoms with van der Waals surface area (Å²) in [4.78, 5) is 0. The van der Waals surface area contributed by atoms with Gasteiger partial charge in [-0.15, -0.1) is 0 Å². The van der Waals surface area contributed by atoms with Crippen molar-refractivity contribution in [3.8, 4) is 0 Å². The summed E-state index contributed by atoms with van der Waals surface area (Å²) in [6.07, 6.45) is 15.0. The molecule has 1 nitrogen and oxygen atoms in total. The van der Waals surface area contributed by atoms with E-state index in [9.17, 15) is 0 Å². The SMILES string of the molecule is CC(C)NP(C1CCCCC1)C1CCCCC1. The zero-order valence-corrected chi connectivity index (χ0v) is 12.6. The molecule has 0 spiro atoms. The first-order valence-corrected chi connectivity index (χ1v) is 9.30. The van der Waals surface area contributed by atoms with Gasteiger partial charge in [0, 0.05) is 6.04 Å². The van der Waals surface area contributed by atoms with Gasteiger partial charge in [-0.3, -0.25) is 5.09 Å². The van der Waals surface area contributed by atoms with Gasteiger partial charge >= 0.3 is 0 Å². The van der Waals surface area contributed by atoms with E-state index < -0.39 is 0 Å². The van der Waals surface area contributed by atoms with Gasteiger partial charge in [-0.2, -0.15) is 0 Å². The van der Waals surface area contributed by atoms with Crippen LogP contribution in [-0.2, 0) is 0 Å². The van der Waals surface area contributed by atoms with Crippen LogP contribution in [0, 0.1) is 0 Å². The highest BCUT2D eigenvalue weighted by Gasteiger charge is 2.31. The number of hydrogen-bond donors (Lipinski definition) is 1. The second-order valence-corrected chi connectivity index (χ2v) is 8.81. The molecule has 17 heavy (non-hydrogen) atoms. The maximum absolute atomic E-state index is 3.98. The Morgan fingerprint density at radius 3 is 1.53 bits per heavy atom. The van der Waals surface area contributed by atoms with Crippen LogP contribution in [0.1, 0.15) is 78.1 Å². The van der Waals surface area contributed by atoms with Gasteiger partial charge in [0.2, 0.25) is 0 Å². The standard InChI is InChI=1S/C15H30NP/c1-13(2)16-17(14-9-5-3-6-10-14)15-11-7-4-8-12-15/h13-16H,3-12H2,1-2H3. The summed E-state index contributed by atoms with van der Waals surface area (Å²) < 4.78 is 0. The summed E-state index contributed by atoms with van der Waals surface area (Å²) >= 11 is 0. The summed E-state index contributed by atoms with van der Waals surface area (Å²) in [5, 5.41) is 3.98. The lowest BCUT2D eigenvalue weighted by Gasteiger charge is -2.39. The van der Waals surface area contributed by atoms with E-state index in [-0.39, 0.29) is 8.07 Å². The summed E-state index contributed by atoms with van der Waals surface area (Å²) in [6.45, 7) is 4.67. The minimum atomic E-state index is 0.114. The van der Waals surface area contributed by atoms with Crippen LogP contribution in [0.25, 0.3) is 0 Å². The molecule has 2 fully saturated rings. The predicted molar refractivity (Wildman–Crippen MR) is 78.9 cm³/mol. The van der Waals surface area contributed by atoms with Gasteiger partial charge in [0.15, 0.2) is 0 Å². The van der Waals surface area contributed by atoms with Crippen LogP contribution >= 0.6 is 8.07 Å². The van der Waals surface area contributed by atoms with Gasteiger partial charge in [0.05, 0.1) is 0 Å². The topological polar surface area (TPSA) is 12.0 Å². The van der Waals surface area contributed by atoms with Crippen LogP contribution in [0.5, 0.6) is 0 Å². The number of nitrogens with one attached hydrogen (secondary N) is 1. The predicted octanol–water partition coefficient (Wildman–Crippen LogP) is 5.05. The largest absolute Gasteiger partial charge is 0.293 e. The van der Waals surface area contributed by atoms with E-state index in [0.717, 1.165) is 11.3 Å². The molecule has 100 valence electrons. The summed E-state index contributed by atoms with van der Waals surface area (Å²) in [5.41, 5.74) is 2.09. The zero-order valence-electron chi connectivity index (χ0n) is 11.8. The maximum atomic E-state index is 3.98. The molecule has 0 saturated heterocycles. The number of hydrogen-bond acceptors (Lipinski definition) is 1. The average molecular weight is 255 g/mol. The molecular weight excluding hydrogens is 225 g/mol. The summed E-state index contributed by atoms with van der Waals surface area (Å²) in [5.74, 6) is 0. The molecule has 0 radical (unpaired) electrons. The molecule has 0 unspecified atom stereocenters. The highest BCUT2D eigenvalue weighted by atomic mass is 31.1. The van der Waals surface area contributed by atoms with Crippen molar-refractivity contribution in [3.63, 3.8) is 0 Å². The molecule has 2 aliphatic carbocycles. The fourth-order valence-electron chi connectivity index (χ4n) is 3.53. The minimum Gasteiger partial charge on any atom is -0.293 e. The summed E-state index contributed by atoms with van der Waals surface area (Å²) in [6, 6.07) is 0.685. The van der Waals surface area contributed by atoms with Crippen molar-refractivity contribution >= 4 is 8.07 Å². The molecule has 1 N–H and O–H groups in total. The van der Waals surface area contributed by atoms with Crippen LogP contribution in [0.15, 0.2) is 0 Å². The normalized spacial score (nSPS) is 24.7. The van der Waals surface area contributed by atoms with Gasteiger partial charge in [0.1, 0.15) is 0 Å². The first kappa shape index (κ1) is 13.8. The second kappa shape index (κ2) is 7.10. The highest BCUT2D eigenvalue weighted by molar-refractivity contribution is 7.57. The van der Waals surface area contributed by atoms with Gasteiger partial charge < -0.3 is 0 Å². The molecule has 0 atom stereocenters. The first-order chi connectivity index (χ1) is 8.27. The molecule has 2 saturated carbocycles. The van der Waals surface area contributed by atoms with Gasteiger partial charge in [-0.05, 0) is 58.9 Å². The van der Waals surface area contributed by atoms with Crippen LogP contribution in [0.3, 0.4) is 0 Å². The lowest BCUT2D eigenvalue weighted by molar-refractivity contribution is 0.478. The Kier molecular flexibility index (Phi) is 5.77. The molecule has 2 rings (SSSR count). The monoisotopic (exact) mass is 255 g/mol. The van der Waals surface area contributed by atoms with Gasteiger partial charge in [-0.1, -0.05) is 38.5 Å². The first-order valence-electron chi connectivity index (χ1n) is 7.82. The zero-order chi connectivity index (χ0) is 12.1. The van der Waals surface area contributed by atoms with Crippen LogP contribution in [-0.4, -0.2) is 17.4 Å². The average Bonchev–Trinajstić information content (AvgIpc) is 2.38. The Morgan fingerprint density at radius 1 is 0.765 bits per heavy atom. The quantitative estimate of drug-likeness (QED) is 0.693. The van der Waals surface area contributed by atoms with Crippen LogP contribution < -0.4 is 5.09 Å². The van der Waals surface area contributed by atoms with Gasteiger partial charge in [-0.25, -0.2) is 0 Å². The van der Waals surface area contributed by atoms with E-state index in [1.165, 1.54) is 64.2 Å². The molecular formula is C15H30NP. The maximum Gasteiger partial charge on any atom is 0.00468 e. The molecule has 0 amide bonds. The molecule has 0 aromatic carbocycles. The lowest BCUT2D eigenvalue weighted by atomic mass is 10.00. The smallest absolute Gasteiger partial charge is 0.00468 e. The Labute approximate surface area is 109 Å². The van der Waals surface area contributed by atoms with E-state index in [1.807, 2.05) is 0 Å². The third-order valence-corrected chi connectivity index (χ3v) is 7.76. The Morgan fingerprint density at radius 2 is 1.18 bits per heavy atom. The van der Waals surface area contributed by atoms with Crippen molar-refractivity contribution in [3.05, 3.63) is 0 Å². The molecule has 0 aromatic rings. The molecule has 2 aliphatic rings. The Hall–Kier alpha value is 0.390. The van der Waals surface area contributed by atoms with E-state index >= 15 is 0 Å². The molecule has 0 heterocycles. The van der Waals surface area contributed by atoms with E-state index in [1.54, 1.807) is 0 Å². The highest BCUT2D eigenvalue weighted by Crippen LogP contribution is 2.53. The molecule has 0 aromatic heterocycles. The summed E-state index contributed by atoms with van der Waals surface area (Å²) in [7, 11) is 0.114. The Bertz CT molecular complexity index is 187. The van der Waals surface area contributed by atoms with E-state index in [4.69, 9.17) is 0 Å².